The van der Waals surface area contributed by atoms with Crippen molar-refractivity contribution in [1.29, 1.82) is 0 Å². The van der Waals surface area contributed by atoms with Gasteiger partial charge in [-0.2, -0.15) is 0 Å². The fourth-order valence-electron chi connectivity index (χ4n) is 2.08. The minimum Gasteiger partial charge on any atom is -0.494 e. The third-order valence-corrected chi connectivity index (χ3v) is 3.73. The van der Waals surface area contributed by atoms with E-state index in [4.69, 9.17) is 10.5 Å². The Bertz CT molecular complexity index is 568. The summed E-state index contributed by atoms with van der Waals surface area (Å²) in [6.07, 6.45) is 0. The normalized spacial score (nSPS) is 12.2. The molecule has 2 nitrogen and oxygen atoms in total. The van der Waals surface area contributed by atoms with Crippen molar-refractivity contribution >= 4 is 15.9 Å². The molecule has 0 aliphatic heterocycles. The summed E-state index contributed by atoms with van der Waals surface area (Å²) >= 11 is 3.59. The van der Waals surface area contributed by atoms with Gasteiger partial charge in [0.15, 0.2) is 0 Å². The van der Waals surface area contributed by atoms with Crippen molar-refractivity contribution in [3.63, 3.8) is 0 Å². The molecule has 0 spiro atoms. The molecule has 19 heavy (non-hydrogen) atoms. The minimum absolute atomic E-state index is 0.197. The van der Waals surface area contributed by atoms with Crippen molar-refractivity contribution in [2.75, 3.05) is 6.61 Å². The molecule has 0 heterocycles. The van der Waals surface area contributed by atoms with Gasteiger partial charge in [-0.25, -0.2) is 0 Å². The van der Waals surface area contributed by atoms with Crippen LogP contribution < -0.4 is 10.5 Å². The van der Waals surface area contributed by atoms with E-state index in [0.717, 1.165) is 21.3 Å². The number of para-hydroxylation sites is 1. The standard InChI is InChI=1S/C16H18BrNO/c1-3-19-15-7-5-4-6-13(15)16(18)12-9-8-11(2)10-14(12)17/h4-10,16H,3,18H2,1-2H3. The smallest absolute Gasteiger partial charge is 0.124 e. The summed E-state index contributed by atoms with van der Waals surface area (Å²) in [5.74, 6) is 0.852. The lowest BCUT2D eigenvalue weighted by Gasteiger charge is -2.18. The third kappa shape index (κ3) is 3.17. The molecule has 2 N–H and O–H groups in total. The zero-order valence-corrected chi connectivity index (χ0v) is 12.8. The van der Waals surface area contributed by atoms with Crippen molar-refractivity contribution in [3.05, 3.63) is 63.6 Å². The molecule has 0 fully saturated rings. The second kappa shape index (κ2) is 6.22. The minimum atomic E-state index is -0.197. The summed E-state index contributed by atoms with van der Waals surface area (Å²) in [4.78, 5) is 0. The van der Waals surface area contributed by atoms with Crippen LogP contribution in [0, 0.1) is 6.92 Å². The molecule has 0 saturated heterocycles. The van der Waals surface area contributed by atoms with Crippen LogP contribution in [-0.2, 0) is 0 Å². The van der Waals surface area contributed by atoms with Gasteiger partial charge >= 0.3 is 0 Å². The lowest BCUT2D eigenvalue weighted by Crippen LogP contribution is -2.14. The highest BCUT2D eigenvalue weighted by atomic mass is 79.9. The van der Waals surface area contributed by atoms with Crippen molar-refractivity contribution in [2.24, 2.45) is 5.73 Å². The Morgan fingerprint density at radius 3 is 2.58 bits per heavy atom. The Hall–Kier alpha value is -1.32. The van der Waals surface area contributed by atoms with E-state index >= 15 is 0 Å². The number of rotatable bonds is 4. The quantitative estimate of drug-likeness (QED) is 0.916. The Morgan fingerprint density at radius 2 is 1.89 bits per heavy atom. The molecule has 0 aliphatic rings. The molecule has 0 amide bonds. The van der Waals surface area contributed by atoms with Gasteiger partial charge in [0.05, 0.1) is 12.6 Å². The van der Waals surface area contributed by atoms with E-state index in [1.807, 2.05) is 31.2 Å². The van der Waals surface area contributed by atoms with Crippen LogP contribution in [-0.4, -0.2) is 6.61 Å². The van der Waals surface area contributed by atoms with Crippen molar-refractivity contribution in [1.82, 2.24) is 0 Å². The monoisotopic (exact) mass is 319 g/mol. The van der Waals surface area contributed by atoms with Crippen LogP contribution in [0.2, 0.25) is 0 Å². The van der Waals surface area contributed by atoms with Gasteiger partial charge in [-0.3, -0.25) is 0 Å². The van der Waals surface area contributed by atoms with Crippen LogP contribution in [0.25, 0.3) is 0 Å². The molecular weight excluding hydrogens is 302 g/mol. The largest absolute Gasteiger partial charge is 0.494 e. The maximum Gasteiger partial charge on any atom is 0.124 e. The van der Waals surface area contributed by atoms with E-state index in [-0.39, 0.29) is 6.04 Å². The first-order valence-corrected chi connectivity index (χ1v) is 7.16. The maximum atomic E-state index is 6.39. The first-order valence-electron chi connectivity index (χ1n) is 6.36. The van der Waals surface area contributed by atoms with Gasteiger partial charge in [0.1, 0.15) is 5.75 Å². The zero-order valence-electron chi connectivity index (χ0n) is 11.2. The number of aryl methyl sites for hydroxylation is 1. The Labute approximate surface area is 122 Å². The highest BCUT2D eigenvalue weighted by molar-refractivity contribution is 9.10. The SMILES string of the molecule is CCOc1ccccc1C(N)c1ccc(C)cc1Br. The van der Waals surface area contributed by atoms with Crippen molar-refractivity contribution in [2.45, 2.75) is 19.9 Å². The number of hydrogen-bond acceptors (Lipinski definition) is 2. The fraction of sp³-hybridized carbons (Fsp3) is 0.250. The van der Waals surface area contributed by atoms with E-state index < -0.39 is 0 Å². The molecule has 0 saturated carbocycles. The van der Waals surface area contributed by atoms with E-state index in [0.29, 0.717) is 6.61 Å². The molecule has 100 valence electrons. The van der Waals surface area contributed by atoms with Gasteiger partial charge in [-0.15, -0.1) is 0 Å². The number of hydrogen-bond donors (Lipinski definition) is 1. The molecule has 0 bridgehead atoms. The molecule has 2 aromatic carbocycles. The highest BCUT2D eigenvalue weighted by Crippen LogP contribution is 2.32. The molecule has 0 aliphatic carbocycles. The summed E-state index contributed by atoms with van der Waals surface area (Å²) in [6, 6.07) is 13.9. The third-order valence-electron chi connectivity index (χ3n) is 3.04. The maximum absolute atomic E-state index is 6.39. The van der Waals surface area contributed by atoms with Crippen LogP contribution >= 0.6 is 15.9 Å². The lowest BCUT2D eigenvalue weighted by molar-refractivity contribution is 0.335. The second-order valence-corrected chi connectivity index (χ2v) is 5.33. The molecule has 2 rings (SSSR count). The van der Waals surface area contributed by atoms with Crippen LogP contribution in [0.15, 0.2) is 46.9 Å². The lowest BCUT2D eigenvalue weighted by atomic mass is 9.98. The number of nitrogens with two attached hydrogens (primary N) is 1. The Morgan fingerprint density at radius 1 is 1.16 bits per heavy atom. The van der Waals surface area contributed by atoms with Crippen LogP contribution in [0.4, 0.5) is 0 Å². The molecule has 3 heteroatoms. The average Bonchev–Trinajstić information content (AvgIpc) is 2.39. The average molecular weight is 320 g/mol. The molecule has 1 atom stereocenters. The van der Waals surface area contributed by atoms with Crippen LogP contribution in [0.5, 0.6) is 5.75 Å². The Kier molecular flexibility index (Phi) is 4.61. The van der Waals surface area contributed by atoms with Crippen LogP contribution in [0.3, 0.4) is 0 Å². The molecule has 2 aromatic rings. The van der Waals surface area contributed by atoms with Gasteiger partial charge in [0.2, 0.25) is 0 Å². The summed E-state index contributed by atoms with van der Waals surface area (Å²) in [7, 11) is 0. The summed E-state index contributed by atoms with van der Waals surface area (Å²) in [6.45, 7) is 4.68. The van der Waals surface area contributed by atoms with E-state index in [9.17, 15) is 0 Å². The summed E-state index contributed by atoms with van der Waals surface area (Å²) in [5, 5.41) is 0. The first-order chi connectivity index (χ1) is 9.13. The molecule has 0 radical (unpaired) electrons. The molecular formula is C16H18BrNO. The Balaban J connectivity index is 2.41. The molecule has 0 aromatic heterocycles. The topological polar surface area (TPSA) is 35.2 Å². The van der Waals surface area contributed by atoms with Crippen molar-refractivity contribution < 1.29 is 4.74 Å². The zero-order chi connectivity index (χ0) is 13.8. The van der Waals surface area contributed by atoms with E-state index in [1.165, 1.54) is 5.56 Å². The summed E-state index contributed by atoms with van der Waals surface area (Å²) < 4.78 is 6.68. The van der Waals surface area contributed by atoms with E-state index in [1.54, 1.807) is 0 Å². The predicted molar refractivity (Wildman–Crippen MR) is 82.5 cm³/mol. The first kappa shape index (κ1) is 14.1. The van der Waals surface area contributed by atoms with Gasteiger partial charge in [0.25, 0.3) is 0 Å². The second-order valence-electron chi connectivity index (χ2n) is 4.47. The van der Waals surface area contributed by atoms with Gasteiger partial charge in [-0.05, 0) is 37.1 Å². The summed E-state index contributed by atoms with van der Waals surface area (Å²) in [5.41, 5.74) is 9.67. The van der Waals surface area contributed by atoms with Gasteiger partial charge in [-0.1, -0.05) is 46.3 Å². The number of benzene rings is 2. The van der Waals surface area contributed by atoms with Crippen molar-refractivity contribution in [3.8, 4) is 5.75 Å². The number of halogens is 1. The van der Waals surface area contributed by atoms with Crippen LogP contribution in [0.1, 0.15) is 29.7 Å². The van der Waals surface area contributed by atoms with Gasteiger partial charge < -0.3 is 10.5 Å². The van der Waals surface area contributed by atoms with E-state index in [2.05, 4.69) is 41.1 Å². The fourth-order valence-corrected chi connectivity index (χ4v) is 2.82. The predicted octanol–water partition coefficient (Wildman–Crippen LogP) is 4.20. The van der Waals surface area contributed by atoms with Gasteiger partial charge in [0, 0.05) is 10.0 Å². The molecule has 1 unspecified atom stereocenters. The number of ether oxygens (including phenoxy) is 1. The highest BCUT2D eigenvalue weighted by Gasteiger charge is 2.16.